The molecule has 0 radical (unpaired) electrons. The minimum atomic E-state index is -2.36. The molecule has 1 fully saturated rings. The van der Waals surface area contributed by atoms with Gasteiger partial charge in [0.25, 0.3) is 6.43 Å². The molecule has 0 spiro atoms. The number of halogens is 2. The number of hydrogen-bond donors (Lipinski definition) is 1. The summed E-state index contributed by atoms with van der Waals surface area (Å²) < 4.78 is 24.7. The fourth-order valence-electron chi connectivity index (χ4n) is 2.23. The fourth-order valence-corrected chi connectivity index (χ4v) is 2.23. The lowest BCUT2D eigenvalue weighted by Crippen LogP contribution is -2.30. The summed E-state index contributed by atoms with van der Waals surface area (Å²) in [4.78, 5) is 0. The van der Waals surface area contributed by atoms with Crippen LogP contribution in [0.2, 0.25) is 0 Å². The fraction of sp³-hybridized carbons (Fsp3) is 0.538. The highest BCUT2D eigenvalue weighted by Crippen LogP contribution is 2.21. The Morgan fingerprint density at radius 3 is 2.56 bits per heavy atom. The Bertz CT molecular complexity index is 315. The topological polar surface area (TPSA) is 12.0 Å². The van der Waals surface area contributed by atoms with Crippen molar-refractivity contribution in [1.82, 2.24) is 5.32 Å². The number of alkyl halides is 2. The molecular formula is C13H17F2N. The lowest BCUT2D eigenvalue weighted by molar-refractivity contribution is 0.151. The van der Waals surface area contributed by atoms with Crippen LogP contribution in [0.25, 0.3) is 0 Å². The number of nitrogens with one attached hydrogen (secondary N) is 1. The van der Waals surface area contributed by atoms with E-state index in [1.54, 1.807) is 0 Å². The maximum absolute atomic E-state index is 12.3. The predicted octanol–water partition coefficient (Wildman–Crippen LogP) is 3.17. The number of piperidine rings is 1. The van der Waals surface area contributed by atoms with Crippen LogP contribution in [-0.2, 0) is 6.42 Å². The Hall–Kier alpha value is -0.960. The van der Waals surface area contributed by atoms with Gasteiger partial charge >= 0.3 is 0 Å². The maximum Gasteiger partial charge on any atom is 0.263 e. The zero-order valence-electron chi connectivity index (χ0n) is 9.26. The Labute approximate surface area is 94.9 Å². The van der Waals surface area contributed by atoms with Gasteiger partial charge in [-0.2, -0.15) is 0 Å². The summed E-state index contributed by atoms with van der Waals surface area (Å²) in [7, 11) is 0. The molecule has 1 heterocycles. The van der Waals surface area contributed by atoms with Crippen molar-refractivity contribution < 1.29 is 8.78 Å². The van der Waals surface area contributed by atoms with Gasteiger partial charge in [-0.25, -0.2) is 8.78 Å². The van der Waals surface area contributed by atoms with Gasteiger partial charge in [-0.1, -0.05) is 24.3 Å². The standard InChI is InChI=1S/C13H17F2N/c14-13(15)12-5-3-10(4-6-12)8-11-2-1-7-16-9-11/h3-6,11,13,16H,1-2,7-9H2. The summed E-state index contributed by atoms with van der Waals surface area (Å²) in [6.45, 7) is 2.16. The Kier molecular flexibility index (Phi) is 3.88. The molecule has 2 rings (SSSR count). The van der Waals surface area contributed by atoms with Crippen LogP contribution in [0.1, 0.15) is 30.4 Å². The van der Waals surface area contributed by atoms with E-state index in [2.05, 4.69) is 5.32 Å². The second-order valence-corrected chi connectivity index (χ2v) is 4.46. The average Bonchev–Trinajstić information content (AvgIpc) is 2.31. The van der Waals surface area contributed by atoms with Crippen LogP contribution < -0.4 is 5.32 Å². The second-order valence-electron chi connectivity index (χ2n) is 4.46. The molecule has 0 aromatic heterocycles. The zero-order valence-corrected chi connectivity index (χ0v) is 9.26. The van der Waals surface area contributed by atoms with Gasteiger partial charge in [-0.15, -0.1) is 0 Å². The normalized spacial score (nSPS) is 21.3. The van der Waals surface area contributed by atoms with Gasteiger partial charge in [0.2, 0.25) is 0 Å². The van der Waals surface area contributed by atoms with Gasteiger partial charge in [-0.3, -0.25) is 0 Å². The molecule has 88 valence electrons. The van der Waals surface area contributed by atoms with E-state index in [1.807, 2.05) is 12.1 Å². The van der Waals surface area contributed by atoms with Crippen LogP contribution in [0.3, 0.4) is 0 Å². The van der Waals surface area contributed by atoms with Crippen molar-refractivity contribution in [2.24, 2.45) is 5.92 Å². The molecule has 0 aliphatic carbocycles. The Morgan fingerprint density at radius 1 is 1.25 bits per heavy atom. The first-order valence-corrected chi connectivity index (χ1v) is 5.83. The van der Waals surface area contributed by atoms with Crippen molar-refractivity contribution in [3.8, 4) is 0 Å². The van der Waals surface area contributed by atoms with Gasteiger partial charge in [0.1, 0.15) is 0 Å². The van der Waals surface area contributed by atoms with Gasteiger partial charge in [0.15, 0.2) is 0 Å². The van der Waals surface area contributed by atoms with Crippen molar-refractivity contribution in [3.63, 3.8) is 0 Å². The van der Waals surface area contributed by atoms with E-state index in [0.717, 1.165) is 25.1 Å². The summed E-state index contributed by atoms with van der Waals surface area (Å²) >= 11 is 0. The van der Waals surface area contributed by atoms with Crippen LogP contribution in [0.15, 0.2) is 24.3 Å². The first-order valence-electron chi connectivity index (χ1n) is 5.83. The number of benzene rings is 1. The van der Waals surface area contributed by atoms with E-state index in [4.69, 9.17) is 0 Å². The van der Waals surface area contributed by atoms with Crippen LogP contribution in [0.5, 0.6) is 0 Å². The van der Waals surface area contributed by atoms with Crippen LogP contribution in [0.4, 0.5) is 8.78 Å². The van der Waals surface area contributed by atoms with Crippen LogP contribution in [0, 0.1) is 5.92 Å². The number of hydrogen-bond acceptors (Lipinski definition) is 1. The SMILES string of the molecule is FC(F)c1ccc(CC2CCCNC2)cc1. The first-order chi connectivity index (χ1) is 7.75. The highest BCUT2D eigenvalue weighted by atomic mass is 19.3. The van der Waals surface area contributed by atoms with Crippen molar-refractivity contribution in [1.29, 1.82) is 0 Å². The molecule has 1 nitrogen and oxygen atoms in total. The molecule has 1 N–H and O–H groups in total. The van der Waals surface area contributed by atoms with Crippen molar-refractivity contribution in [3.05, 3.63) is 35.4 Å². The molecule has 0 saturated carbocycles. The molecule has 16 heavy (non-hydrogen) atoms. The van der Waals surface area contributed by atoms with Gasteiger partial charge < -0.3 is 5.32 Å². The molecule has 1 aromatic carbocycles. The number of rotatable bonds is 3. The van der Waals surface area contributed by atoms with Gasteiger partial charge in [0, 0.05) is 5.56 Å². The molecular weight excluding hydrogens is 208 g/mol. The lowest BCUT2D eigenvalue weighted by Gasteiger charge is -2.22. The van der Waals surface area contributed by atoms with E-state index in [1.165, 1.54) is 25.0 Å². The van der Waals surface area contributed by atoms with E-state index < -0.39 is 6.43 Å². The molecule has 3 heteroatoms. The summed E-state index contributed by atoms with van der Waals surface area (Å²) in [5.41, 5.74) is 1.28. The minimum absolute atomic E-state index is 0.116. The lowest BCUT2D eigenvalue weighted by atomic mass is 9.92. The van der Waals surface area contributed by atoms with Crippen molar-refractivity contribution in [2.45, 2.75) is 25.7 Å². The third-order valence-corrected chi connectivity index (χ3v) is 3.16. The van der Waals surface area contributed by atoms with Crippen LogP contribution in [-0.4, -0.2) is 13.1 Å². The molecule has 1 unspecified atom stereocenters. The molecule has 1 aliphatic heterocycles. The highest BCUT2D eigenvalue weighted by Gasteiger charge is 2.13. The van der Waals surface area contributed by atoms with Crippen LogP contribution >= 0.6 is 0 Å². The summed E-state index contributed by atoms with van der Waals surface area (Å²) in [5.74, 6) is 0.658. The first kappa shape index (κ1) is 11.5. The van der Waals surface area contributed by atoms with E-state index in [0.29, 0.717) is 5.92 Å². The van der Waals surface area contributed by atoms with E-state index in [-0.39, 0.29) is 5.56 Å². The molecule has 1 aromatic rings. The van der Waals surface area contributed by atoms with Crippen molar-refractivity contribution in [2.75, 3.05) is 13.1 Å². The monoisotopic (exact) mass is 225 g/mol. The molecule has 0 bridgehead atoms. The third-order valence-electron chi connectivity index (χ3n) is 3.16. The van der Waals surface area contributed by atoms with Crippen molar-refractivity contribution >= 4 is 0 Å². The third kappa shape index (κ3) is 3.01. The highest BCUT2D eigenvalue weighted by molar-refractivity contribution is 5.23. The summed E-state index contributed by atoms with van der Waals surface area (Å²) in [6.07, 6.45) is 1.10. The average molecular weight is 225 g/mol. The summed E-state index contributed by atoms with van der Waals surface area (Å²) in [6, 6.07) is 6.73. The Morgan fingerprint density at radius 2 is 2.00 bits per heavy atom. The van der Waals surface area contributed by atoms with Gasteiger partial charge in [-0.05, 0) is 43.8 Å². The maximum atomic E-state index is 12.3. The minimum Gasteiger partial charge on any atom is -0.316 e. The summed E-state index contributed by atoms with van der Waals surface area (Å²) in [5, 5.41) is 3.36. The molecule has 1 saturated heterocycles. The second kappa shape index (κ2) is 5.39. The Balaban J connectivity index is 1.93. The molecule has 1 aliphatic rings. The van der Waals surface area contributed by atoms with E-state index >= 15 is 0 Å². The van der Waals surface area contributed by atoms with Gasteiger partial charge in [0.05, 0.1) is 0 Å². The molecule has 0 amide bonds. The predicted molar refractivity (Wildman–Crippen MR) is 60.7 cm³/mol. The smallest absolute Gasteiger partial charge is 0.263 e. The van der Waals surface area contributed by atoms with E-state index in [9.17, 15) is 8.78 Å². The molecule has 1 atom stereocenters. The largest absolute Gasteiger partial charge is 0.316 e. The zero-order chi connectivity index (χ0) is 11.4. The quantitative estimate of drug-likeness (QED) is 0.833.